The molecule has 6 heteroatoms. The molecule has 0 radical (unpaired) electrons. The van der Waals surface area contributed by atoms with Crippen LogP contribution in [0, 0.1) is 6.92 Å². The summed E-state index contributed by atoms with van der Waals surface area (Å²) in [6, 6.07) is 2.66. The number of hydrogen-bond donors (Lipinski definition) is 3. The lowest BCUT2D eigenvalue weighted by Gasteiger charge is -2.17. The van der Waals surface area contributed by atoms with Crippen molar-refractivity contribution in [1.29, 1.82) is 0 Å². The van der Waals surface area contributed by atoms with E-state index in [0.717, 1.165) is 24.0 Å². The summed E-state index contributed by atoms with van der Waals surface area (Å²) in [6.07, 6.45) is 2.15. The Hall–Kier alpha value is -1.79. The molecule has 1 unspecified atom stereocenters. The number of nitrogens with one attached hydrogen (secondary N) is 1. The Bertz CT molecular complexity index is 477. The second kappa shape index (κ2) is 8.49. The summed E-state index contributed by atoms with van der Waals surface area (Å²) < 4.78 is 10.3. The predicted molar refractivity (Wildman–Crippen MR) is 80.1 cm³/mol. The maximum atomic E-state index is 11.9. The number of hydrogen-bond acceptors (Lipinski definition) is 6. The van der Waals surface area contributed by atoms with Crippen molar-refractivity contribution in [2.24, 2.45) is 5.84 Å². The lowest BCUT2D eigenvalue weighted by atomic mass is 10.00. The normalized spacial score (nSPS) is 12.0. The number of nitrogens with two attached hydrogens (primary N) is 1. The van der Waals surface area contributed by atoms with Crippen LogP contribution in [0.2, 0.25) is 0 Å². The van der Waals surface area contributed by atoms with Crippen LogP contribution >= 0.6 is 0 Å². The number of unbranched alkanes of at least 4 members (excludes halogenated alkanes) is 1. The standard InChI is InChI=1S/C15H24N2O4/c1-4-5-8-21-15(19)12(17-16)9-11-6-7-13(18)14(20-3)10(11)2/h6-7,12,17-18H,4-5,8-9,16H2,1-3H3. The number of phenolic OH excluding ortho intramolecular Hbond substituents is 1. The predicted octanol–water partition coefficient (Wildman–Crippen LogP) is 1.43. The van der Waals surface area contributed by atoms with Crippen LogP contribution in [0.4, 0.5) is 0 Å². The maximum absolute atomic E-state index is 11.9. The zero-order valence-corrected chi connectivity index (χ0v) is 12.8. The van der Waals surface area contributed by atoms with E-state index in [9.17, 15) is 9.90 Å². The Balaban J connectivity index is 2.80. The van der Waals surface area contributed by atoms with Gasteiger partial charge in [0.05, 0.1) is 13.7 Å². The maximum Gasteiger partial charge on any atom is 0.324 e. The van der Waals surface area contributed by atoms with E-state index in [0.29, 0.717) is 18.8 Å². The summed E-state index contributed by atoms with van der Waals surface area (Å²) >= 11 is 0. The van der Waals surface area contributed by atoms with Crippen LogP contribution in [0.15, 0.2) is 12.1 Å². The molecule has 6 nitrogen and oxygen atoms in total. The van der Waals surface area contributed by atoms with Gasteiger partial charge in [0.15, 0.2) is 11.5 Å². The second-order valence-corrected chi connectivity index (χ2v) is 4.85. The Labute approximate surface area is 125 Å². The number of aromatic hydroxyl groups is 1. The van der Waals surface area contributed by atoms with Crippen molar-refractivity contribution in [3.05, 3.63) is 23.3 Å². The van der Waals surface area contributed by atoms with Crippen LogP contribution in [0.1, 0.15) is 30.9 Å². The third-order valence-electron chi connectivity index (χ3n) is 3.35. The van der Waals surface area contributed by atoms with Gasteiger partial charge in [0.1, 0.15) is 6.04 Å². The fourth-order valence-electron chi connectivity index (χ4n) is 2.04. The lowest BCUT2D eigenvalue weighted by molar-refractivity contribution is -0.146. The molecule has 0 bridgehead atoms. The van der Waals surface area contributed by atoms with E-state index < -0.39 is 6.04 Å². The van der Waals surface area contributed by atoms with Gasteiger partial charge in [-0.1, -0.05) is 19.4 Å². The minimum atomic E-state index is -0.630. The van der Waals surface area contributed by atoms with Gasteiger partial charge in [0.25, 0.3) is 0 Å². The van der Waals surface area contributed by atoms with E-state index in [-0.39, 0.29) is 11.7 Å². The van der Waals surface area contributed by atoms with Crippen molar-refractivity contribution in [2.75, 3.05) is 13.7 Å². The minimum absolute atomic E-state index is 0.0709. The van der Waals surface area contributed by atoms with Crippen LogP contribution in [-0.4, -0.2) is 30.8 Å². The number of carbonyl (C=O) groups excluding carboxylic acids is 1. The zero-order valence-electron chi connectivity index (χ0n) is 12.8. The SMILES string of the molecule is CCCCOC(=O)C(Cc1ccc(O)c(OC)c1C)NN. The Morgan fingerprint density at radius 2 is 2.19 bits per heavy atom. The first-order chi connectivity index (χ1) is 10.0. The fourth-order valence-corrected chi connectivity index (χ4v) is 2.04. The molecule has 1 aromatic carbocycles. The van der Waals surface area contributed by atoms with E-state index in [1.165, 1.54) is 13.2 Å². The molecule has 118 valence electrons. The average Bonchev–Trinajstić information content (AvgIpc) is 2.47. The van der Waals surface area contributed by atoms with Crippen molar-refractivity contribution < 1.29 is 19.4 Å². The minimum Gasteiger partial charge on any atom is -0.504 e. The lowest BCUT2D eigenvalue weighted by Crippen LogP contribution is -2.44. The van der Waals surface area contributed by atoms with Crippen molar-refractivity contribution in [2.45, 2.75) is 39.2 Å². The highest BCUT2D eigenvalue weighted by Crippen LogP contribution is 2.32. The van der Waals surface area contributed by atoms with Crippen molar-refractivity contribution >= 4 is 5.97 Å². The first-order valence-corrected chi connectivity index (χ1v) is 7.03. The first-order valence-electron chi connectivity index (χ1n) is 7.03. The molecule has 1 aromatic rings. The summed E-state index contributed by atoms with van der Waals surface area (Å²) in [7, 11) is 1.49. The molecule has 21 heavy (non-hydrogen) atoms. The number of phenols is 1. The van der Waals surface area contributed by atoms with Gasteiger partial charge < -0.3 is 14.6 Å². The molecule has 0 aliphatic heterocycles. The number of hydrazine groups is 1. The van der Waals surface area contributed by atoms with Gasteiger partial charge in [0, 0.05) is 6.42 Å². The topological polar surface area (TPSA) is 93.8 Å². The van der Waals surface area contributed by atoms with Crippen LogP contribution in [0.3, 0.4) is 0 Å². The highest BCUT2D eigenvalue weighted by Gasteiger charge is 2.21. The number of ether oxygens (including phenoxy) is 2. The van der Waals surface area contributed by atoms with E-state index in [2.05, 4.69) is 5.43 Å². The molecule has 0 saturated carbocycles. The van der Waals surface area contributed by atoms with Gasteiger partial charge in [-0.3, -0.25) is 10.6 Å². The molecular formula is C15H24N2O4. The van der Waals surface area contributed by atoms with E-state index >= 15 is 0 Å². The first kappa shape index (κ1) is 17.3. The van der Waals surface area contributed by atoms with Gasteiger partial charge in [0.2, 0.25) is 0 Å². The van der Waals surface area contributed by atoms with Crippen molar-refractivity contribution in [1.82, 2.24) is 5.43 Å². The molecule has 1 atom stereocenters. The van der Waals surface area contributed by atoms with Gasteiger partial charge in [-0.2, -0.15) is 0 Å². The molecule has 0 fully saturated rings. The Kier molecular flexibility index (Phi) is 6.98. The summed E-state index contributed by atoms with van der Waals surface area (Å²) in [5.74, 6) is 5.54. The van der Waals surface area contributed by atoms with Crippen LogP contribution < -0.4 is 16.0 Å². The highest BCUT2D eigenvalue weighted by atomic mass is 16.5. The molecule has 0 aliphatic rings. The third-order valence-corrected chi connectivity index (χ3v) is 3.35. The molecular weight excluding hydrogens is 272 g/mol. The summed E-state index contributed by atoms with van der Waals surface area (Å²) in [6.45, 7) is 4.24. The van der Waals surface area contributed by atoms with Crippen LogP contribution in [0.5, 0.6) is 11.5 Å². The summed E-state index contributed by atoms with van der Waals surface area (Å²) in [5.41, 5.74) is 4.12. The third kappa shape index (κ3) is 4.61. The molecule has 0 heterocycles. The second-order valence-electron chi connectivity index (χ2n) is 4.85. The zero-order chi connectivity index (χ0) is 15.8. The molecule has 0 spiro atoms. The molecule has 0 aliphatic carbocycles. The van der Waals surface area contributed by atoms with E-state index in [1.807, 2.05) is 13.8 Å². The Morgan fingerprint density at radius 1 is 1.48 bits per heavy atom. The van der Waals surface area contributed by atoms with Crippen molar-refractivity contribution in [3.8, 4) is 11.5 Å². The van der Waals surface area contributed by atoms with Gasteiger partial charge in [-0.15, -0.1) is 0 Å². The molecule has 4 N–H and O–H groups in total. The number of carbonyl (C=O) groups is 1. The smallest absolute Gasteiger partial charge is 0.324 e. The molecule has 1 rings (SSSR count). The quantitative estimate of drug-likeness (QED) is 0.291. The van der Waals surface area contributed by atoms with Gasteiger partial charge in [-0.25, -0.2) is 5.43 Å². The van der Waals surface area contributed by atoms with Gasteiger partial charge in [-0.05, 0) is 30.5 Å². The van der Waals surface area contributed by atoms with Crippen LogP contribution in [-0.2, 0) is 16.0 Å². The molecule has 0 aromatic heterocycles. The number of esters is 1. The molecule has 0 saturated heterocycles. The summed E-state index contributed by atoms with van der Waals surface area (Å²) in [5, 5.41) is 9.70. The van der Waals surface area contributed by atoms with Gasteiger partial charge >= 0.3 is 5.97 Å². The Morgan fingerprint density at radius 3 is 2.76 bits per heavy atom. The largest absolute Gasteiger partial charge is 0.504 e. The number of rotatable bonds is 8. The van der Waals surface area contributed by atoms with E-state index in [4.69, 9.17) is 15.3 Å². The average molecular weight is 296 g/mol. The summed E-state index contributed by atoms with van der Waals surface area (Å²) in [4.78, 5) is 11.9. The van der Waals surface area contributed by atoms with Crippen LogP contribution in [0.25, 0.3) is 0 Å². The number of methoxy groups -OCH3 is 1. The molecule has 0 amide bonds. The monoisotopic (exact) mass is 296 g/mol. The number of benzene rings is 1. The van der Waals surface area contributed by atoms with E-state index in [1.54, 1.807) is 6.07 Å². The van der Waals surface area contributed by atoms with Crippen molar-refractivity contribution in [3.63, 3.8) is 0 Å². The highest BCUT2D eigenvalue weighted by molar-refractivity contribution is 5.76. The fraction of sp³-hybridized carbons (Fsp3) is 0.533.